The summed E-state index contributed by atoms with van der Waals surface area (Å²) >= 11 is 0. The molecule has 4 heteroatoms. The maximum absolute atomic E-state index is 12.7. The van der Waals surface area contributed by atoms with E-state index in [0.717, 1.165) is 25.0 Å². The van der Waals surface area contributed by atoms with Gasteiger partial charge in [-0.2, -0.15) is 0 Å². The monoisotopic (exact) mass is 288 g/mol. The summed E-state index contributed by atoms with van der Waals surface area (Å²) in [6.45, 7) is 5.39. The minimum atomic E-state index is -0.827. The second-order valence-electron chi connectivity index (χ2n) is 6.80. The number of nitrogens with two attached hydrogens (primary N) is 1. The minimum absolute atomic E-state index is 0.0527. The first-order chi connectivity index (χ1) is 9.98. The zero-order valence-electron chi connectivity index (χ0n) is 12.8. The van der Waals surface area contributed by atoms with E-state index in [9.17, 15) is 4.79 Å². The van der Waals surface area contributed by atoms with E-state index >= 15 is 0 Å². The van der Waals surface area contributed by atoms with E-state index < -0.39 is 5.54 Å². The quantitative estimate of drug-likeness (QED) is 0.892. The van der Waals surface area contributed by atoms with Crippen molar-refractivity contribution in [3.05, 3.63) is 35.9 Å². The summed E-state index contributed by atoms with van der Waals surface area (Å²) in [5, 5.41) is 3.01. The van der Waals surface area contributed by atoms with Crippen LogP contribution < -0.4 is 11.1 Å². The average Bonchev–Trinajstić information content (AvgIpc) is 2.52. The van der Waals surface area contributed by atoms with Gasteiger partial charge in [0.15, 0.2) is 0 Å². The van der Waals surface area contributed by atoms with Gasteiger partial charge in [-0.05, 0) is 18.4 Å². The lowest BCUT2D eigenvalue weighted by molar-refractivity contribution is -0.225. The van der Waals surface area contributed by atoms with Crippen LogP contribution in [-0.4, -0.2) is 24.2 Å². The zero-order chi connectivity index (χ0) is 15.1. The number of ether oxygens (including phenoxy) is 1. The topological polar surface area (TPSA) is 64.3 Å². The van der Waals surface area contributed by atoms with Crippen molar-refractivity contribution in [1.29, 1.82) is 0 Å². The van der Waals surface area contributed by atoms with Gasteiger partial charge in [0.2, 0.25) is 5.91 Å². The summed E-state index contributed by atoms with van der Waals surface area (Å²) in [5.74, 6) is 0.0835. The van der Waals surface area contributed by atoms with Crippen molar-refractivity contribution in [2.24, 2.45) is 17.1 Å². The van der Waals surface area contributed by atoms with E-state index in [1.807, 2.05) is 44.2 Å². The van der Waals surface area contributed by atoms with Crippen LogP contribution in [0.25, 0.3) is 0 Å². The van der Waals surface area contributed by atoms with E-state index in [0.29, 0.717) is 6.54 Å². The highest BCUT2D eigenvalue weighted by atomic mass is 16.5. The molecule has 0 spiro atoms. The summed E-state index contributed by atoms with van der Waals surface area (Å²) in [6.07, 6.45) is 2.07. The number of fused-ring (bicyclic) bond motifs is 1. The number of nitrogens with one attached hydrogen (secondary N) is 1. The Morgan fingerprint density at radius 2 is 2.10 bits per heavy atom. The Balaban J connectivity index is 1.71. The Labute approximate surface area is 126 Å². The van der Waals surface area contributed by atoms with Crippen molar-refractivity contribution in [2.75, 3.05) is 6.61 Å². The predicted molar refractivity (Wildman–Crippen MR) is 81.5 cm³/mol. The maximum Gasteiger partial charge on any atom is 0.241 e. The number of carbonyl (C=O) groups excluding carboxylic acids is 1. The van der Waals surface area contributed by atoms with Crippen LogP contribution >= 0.6 is 0 Å². The van der Waals surface area contributed by atoms with Crippen molar-refractivity contribution in [3.63, 3.8) is 0 Å². The molecule has 3 N–H and O–H groups in total. The fourth-order valence-electron chi connectivity index (χ4n) is 3.96. The summed E-state index contributed by atoms with van der Waals surface area (Å²) in [6, 6.07) is 9.91. The highest BCUT2D eigenvalue weighted by molar-refractivity contribution is 5.89. The Kier molecular flexibility index (Phi) is 3.54. The van der Waals surface area contributed by atoms with Gasteiger partial charge < -0.3 is 15.8 Å². The lowest BCUT2D eigenvalue weighted by Gasteiger charge is -2.65. The number of hydrogen-bond donors (Lipinski definition) is 2. The summed E-state index contributed by atoms with van der Waals surface area (Å²) in [5.41, 5.74) is 6.49. The standard InChI is InChI=1S/C17H24N2O2/c1-16(2)14-13(9-6-10-21-14)17(16,18)15(20)19-11-12-7-4-3-5-8-12/h3-5,7-8,13-14H,6,9-11,18H2,1-2H3,(H,19,20). The third-order valence-electron chi connectivity index (χ3n) is 5.36. The Bertz CT molecular complexity index is 529. The zero-order valence-corrected chi connectivity index (χ0v) is 12.8. The highest BCUT2D eigenvalue weighted by Crippen LogP contribution is 2.57. The van der Waals surface area contributed by atoms with Gasteiger partial charge in [0.1, 0.15) is 5.54 Å². The Morgan fingerprint density at radius 1 is 1.38 bits per heavy atom. The van der Waals surface area contributed by atoms with Crippen molar-refractivity contribution in [2.45, 2.75) is 44.9 Å². The molecule has 0 bridgehead atoms. The third-order valence-corrected chi connectivity index (χ3v) is 5.36. The van der Waals surface area contributed by atoms with E-state index in [1.165, 1.54) is 0 Å². The van der Waals surface area contributed by atoms with Gasteiger partial charge in [-0.25, -0.2) is 0 Å². The van der Waals surface area contributed by atoms with Crippen LogP contribution in [0.1, 0.15) is 32.3 Å². The summed E-state index contributed by atoms with van der Waals surface area (Å²) in [7, 11) is 0. The second-order valence-corrected chi connectivity index (χ2v) is 6.80. The van der Waals surface area contributed by atoms with Crippen LogP contribution in [0, 0.1) is 11.3 Å². The van der Waals surface area contributed by atoms with Crippen molar-refractivity contribution < 1.29 is 9.53 Å². The van der Waals surface area contributed by atoms with E-state index in [4.69, 9.17) is 10.5 Å². The Morgan fingerprint density at radius 3 is 2.81 bits per heavy atom. The molecule has 1 saturated heterocycles. The number of hydrogen-bond acceptors (Lipinski definition) is 3. The summed E-state index contributed by atoms with van der Waals surface area (Å²) < 4.78 is 5.84. The van der Waals surface area contributed by atoms with Gasteiger partial charge in [-0.15, -0.1) is 0 Å². The Hall–Kier alpha value is -1.39. The molecular formula is C17H24N2O2. The van der Waals surface area contributed by atoms with E-state index in [2.05, 4.69) is 5.32 Å². The van der Waals surface area contributed by atoms with Crippen molar-refractivity contribution >= 4 is 5.91 Å². The van der Waals surface area contributed by atoms with Crippen molar-refractivity contribution in [1.82, 2.24) is 5.32 Å². The molecule has 2 aliphatic rings. The summed E-state index contributed by atoms with van der Waals surface area (Å²) in [4.78, 5) is 12.7. The van der Waals surface area contributed by atoms with Crippen LogP contribution in [0.4, 0.5) is 0 Å². The SMILES string of the molecule is CC1(C)C2OCCCC2C1(N)C(=O)NCc1ccccc1. The molecule has 1 aliphatic heterocycles. The van der Waals surface area contributed by atoms with Crippen LogP contribution in [0.5, 0.6) is 0 Å². The number of amides is 1. The van der Waals surface area contributed by atoms with Crippen LogP contribution in [0.3, 0.4) is 0 Å². The van der Waals surface area contributed by atoms with Crippen LogP contribution in [0.15, 0.2) is 30.3 Å². The molecule has 114 valence electrons. The predicted octanol–water partition coefficient (Wildman–Crippen LogP) is 1.84. The molecule has 4 nitrogen and oxygen atoms in total. The van der Waals surface area contributed by atoms with Gasteiger partial charge in [-0.3, -0.25) is 4.79 Å². The normalized spacial score (nSPS) is 33.7. The third kappa shape index (κ3) is 2.09. The molecule has 2 fully saturated rings. The number of rotatable bonds is 3. The molecule has 21 heavy (non-hydrogen) atoms. The van der Waals surface area contributed by atoms with Crippen LogP contribution in [0.2, 0.25) is 0 Å². The van der Waals surface area contributed by atoms with Gasteiger partial charge in [-0.1, -0.05) is 44.2 Å². The molecule has 1 amide bonds. The fourth-order valence-corrected chi connectivity index (χ4v) is 3.96. The molecule has 1 aromatic carbocycles. The molecule has 3 atom stereocenters. The molecule has 3 unspecified atom stereocenters. The van der Waals surface area contributed by atoms with E-state index in [1.54, 1.807) is 0 Å². The van der Waals surface area contributed by atoms with Crippen molar-refractivity contribution in [3.8, 4) is 0 Å². The second kappa shape index (κ2) is 5.11. The van der Waals surface area contributed by atoms with Gasteiger partial charge >= 0.3 is 0 Å². The average molecular weight is 288 g/mol. The maximum atomic E-state index is 12.7. The smallest absolute Gasteiger partial charge is 0.241 e. The highest BCUT2D eigenvalue weighted by Gasteiger charge is 2.70. The first-order valence-corrected chi connectivity index (χ1v) is 7.70. The molecule has 1 saturated carbocycles. The largest absolute Gasteiger partial charge is 0.377 e. The first-order valence-electron chi connectivity index (χ1n) is 7.70. The van der Waals surface area contributed by atoms with Gasteiger partial charge in [0.25, 0.3) is 0 Å². The molecule has 0 aromatic heterocycles. The van der Waals surface area contributed by atoms with Crippen LogP contribution in [-0.2, 0) is 16.1 Å². The molecule has 3 rings (SSSR count). The fraction of sp³-hybridized carbons (Fsp3) is 0.588. The van der Waals surface area contributed by atoms with Gasteiger partial charge in [0.05, 0.1) is 6.10 Å². The molecular weight excluding hydrogens is 264 g/mol. The molecule has 0 radical (unpaired) electrons. The molecule has 1 aliphatic carbocycles. The number of benzene rings is 1. The minimum Gasteiger partial charge on any atom is -0.377 e. The lowest BCUT2D eigenvalue weighted by atomic mass is 9.46. The van der Waals surface area contributed by atoms with E-state index in [-0.39, 0.29) is 23.3 Å². The first kappa shape index (κ1) is 14.5. The molecule has 1 aromatic rings. The number of carbonyl (C=O) groups is 1. The lowest BCUT2D eigenvalue weighted by Crippen LogP contribution is -2.82. The van der Waals surface area contributed by atoms with Gasteiger partial charge in [0, 0.05) is 24.5 Å². The molecule has 1 heterocycles.